The number of anilines is 1. The van der Waals surface area contributed by atoms with Crippen LogP contribution in [0.3, 0.4) is 0 Å². The van der Waals surface area contributed by atoms with E-state index in [2.05, 4.69) is 15.6 Å². The number of nitrogens with zero attached hydrogens (tertiary/aromatic N) is 2. The molecule has 3 aliphatic heterocycles. The highest BCUT2D eigenvalue weighted by atomic mass is 35.5. The summed E-state index contributed by atoms with van der Waals surface area (Å²) >= 11 is 6.54. The second-order valence-corrected chi connectivity index (χ2v) is 21.1. The number of aliphatic hydroxyl groups excluding tert-OH is 3. The molecule has 19 nitrogen and oxygen atoms in total. The number of hydrogen-bond acceptors (Lipinski definition) is 13. The number of hydrogen-bond donors (Lipinski definition) is 7. The Hall–Kier alpha value is -7.29. The van der Waals surface area contributed by atoms with Gasteiger partial charge in [-0.05, 0) is 78.3 Å². The number of aromatic nitrogens is 1. The average molecular weight is 1100 g/mol. The molecule has 3 aliphatic rings. The Morgan fingerprint density at radius 1 is 0.835 bits per heavy atom. The van der Waals surface area contributed by atoms with E-state index in [9.17, 15) is 53.7 Å². The third-order valence-electron chi connectivity index (χ3n) is 14.8. The average Bonchev–Trinajstić information content (AvgIpc) is 4.35. The van der Waals surface area contributed by atoms with Crippen LogP contribution in [0.5, 0.6) is 5.75 Å². The maximum absolute atomic E-state index is 14.4. The van der Waals surface area contributed by atoms with Crippen molar-refractivity contribution in [2.45, 2.75) is 115 Å². The van der Waals surface area contributed by atoms with Crippen molar-refractivity contribution in [3.63, 3.8) is 0 Å². The van der Waals surface area contributed by atoms with Crippen LogP contribution < -0.4 is 26.0 Å². The topological polar surface area (TPSA) is 288 Å². The number of nitrogens with two attached hydrogens (primary N) is 1. The first-order valence-electron chi connectivity index (χ1n) is 26.7. The predicted molar refractivity (Wildman–Crippen MR) is 294 cm³/mol. The number of carbonyl (C=O) groups excluding carboxylic acids is 8. The van der Waals surface area contributed by atoms with Crippen molar-refractivity contribution < 1.29 is 63.1 Å². The molecular weight excluding hydrogens is 1040 g/mol. The van der Waals surface area contributed by atoms with E-state index in [-0.39, 0.29) is 97.9 Å². The second-order valence-electron chi connectivity index (χ2n) is 20.8. The van der Waals surface area contributed by atoms with Crippen LogP contribution in [0.4, 0.5) is 5.69 Å². The zero-order valence-corrected chi connectivity index (χ0v) is 44.8. The molecule has 79 heavy (non-hydrogen) atoms. The summed E-state index contributed by atoms with van der Waals surface area (Å²) in [5, 5.41) is 38.9. The van der Waals surface area contributed by atoms with Crippen molar-refractivity contribution in [2.75, 3.05) is 30.4 Å². The number of halogens is 1. The van der Waals surface area contributed by atoms with Crippen LogP contribution in [-0.4, -0.2) is 128 Å². The zero-order valence-electron chi connectivity index (χ0n) is 44.0. The number of amides is 6. The monoisotopic (exact) mass is 1100 g/mol. The fraction of sp³-hybridized carbons (Fsp3) is 0.407. The van der Waals surface area contributed by atoms with Crippen LogP contribution in [0, 0.1) is 18.4 Å². The lowest BCUT2D eigenvalue weighted by Gasteiger charge is -2.34. The number of fused-ring (bicyclic) bond motifs is 4. The molecule has 1 unspecified atom stereocenters. The molecule has 0 bridgehead atoms. The second kappa shape index (κ2) is 26.1. The summed E-state index contributed by atoms with van der Waals surface area (Å²) in [5.41, 5.74) is 9.51. The van der Waals surface area contributed by atoms with Gasteiger partial charge in [-0.1, -0.05) is 74.9 Å². The highest BCUT2D eigenvalue weighted by Crippen LogP contribution is 2.46. The molecule has 1 radical (unpaired) electrons. The maximum Gasteiger partial charge on any atom is 0.274 e. The zero-order chi connectivity index (χ0) is 56.5. The third-order valence-corrected chi connectivity index (χ3v) is 15.2. The molecule has 0 aliphatic carbocycles. The quantitative estimate of drug-likeness (QED) is 0.0162. The molecule has 0 spiro atoms. The summed E-state index contributed by atoms with van der Waals surface area (Å²) in [6, 6.07) is 22.2. The number of rotatable bonds is 26. The molecule has 6 amide bonds. The molecule has 7 atom stereocenters. The Balaban J connectivity index is 0.874. The van der Waals surface area contributed by atoms with Crippen LogP contribution in [0.2, 0.25) is 0 Å². The number of benzene rings is 4. The normalized spacial score (nSPS) is 19.7. The number of unbranched alkanes of at least 4 members (excludes halogenated alkanes) is 1. The highest BCUT2D eigenvalue weighted by Gasteiger charge is 2.41. The Bertz CT molecular complexity index is 3120. The number of Topliss-reactive ketones (excluding diaryl/α,β-unsaturated/α-hetero) is 2. The minimum absolute atomic E-state index is 0.0221. The number of aliphatic hydroxyl groups is 3. The van der Waals surface area contributed by atoms with Crippen LogP contribution in [0.15, 0.2) is 91.0 Å². The van der Waals surface area contributed by atoms with Gasteiger partial charge in [0.2, 0.25) is 24.0 Å². The number of H-pyrrole nitrogens is 1. The predicted octanol–water partition coefficient (Wildman–Crippen LogP) is 5.22. The van der Waals surface area contributed by atoms with Gasteiger partial charge in [-0.25, -0.2) is 0 Å². The molecule has 20 heteroatoms. The molecule has 8 rings (SSSR count). The molecule has 1 saturated heterocycles. The minimum Gasteiger partial charge on any atom is -0.461 e. The number of aromatic amines is 1. The van der Waals surface area contributed by atoms with Crippen LogP contribution >= 0.6 is 11.6 Å². The smallest absolute Gasteiger partial charge is 0.274 e. The standard InChI is InChI=1S/C59H66ClN6O13/c1-33(2)39(11-7-23-62-51(71)14-8-24-65-52(72)21-22-53(65)73)57(76)64-43(12-5-6-13-50(61)70)47(68)26-34-15-18-36(19-16-34)46(67)27-35-17-20-42-37(25-35)28-44(63-42)58(77)66-31-38(30-60)54-41-10-4-3-9-40(41)49(29-45(54)66)79-59-56(75)55(74)48(69)32-78-59/h3-4,9-10,15-22,25,28-29,32-33,38-39,43,48,55-56,59,63,69,74-75H,5-8,11-14,23-24,26-27,30-31H2,1-2H3,(H2,61,70)(H,62,71)(H,64,76)/t38-,39+,43+,48-,55+,56-,59?/m1/s1. The van der Waals surface area contributed by atoms with Crippen molar-refractivity contribution in [1.82, 2.24) is 20.5 Å². The highest BCUT2D eigenvalue weighted by molar-refractivity contribution is 6.19. The van der Waals surface area contributed by atoms with Gasteiger partial charge in [0.15, 0.2) is 11.6 Å². The van der Waals surface area contributed by atoms with Gasteiger partial charge in [-0.2, -0.15) is 0 Å². The molecule has 1 fully saturated rings. The van der Waals surface area contributed by atoms with E-state index in [1.807, 2.05) is 56.3 Å². The van der Waals surface area contributed by atoms with Crippen LogP contribution in [-0.2, 0) is 46.3 Å². The minimum atomic E-state index is -1.57. The first-order chi connectivity index (χ1) is 37.9. The fourth-order valence-electron chi connectivity index (χ4n) is 10.4. The van der Waals surface area contributed by atoms with Gasteiger partial charge in [-0.3, -0.25) is 43.3 Å². The fourth-order valence-corrected chi connectivity index (χ4v) is 10.7. The summed E-state index contributed by atoms with van der Waals surface area (Å²) in [7, 11) is 0. The number of nitrogens with one attached hydrogen (secondary N) is 3. The Labute approximate surface area is 461 Å². The lowest BCUT2D eigenvalue weighted by Crippen LogP contribution is -2.52. The van der Waals surface area contributed by atoms with Crippen molar-refractivity contribution in [1.29, 1.82) is 0 Å². The maximum atomic E-state index is 14.4. The number of ether oxygens (including phenoxy) is 2. The van der Waals surface area contributed by atoms with E-state index in [1.54, 1.807) is 41.3 Å². The summed E-state index contributed by atoms with van der Waals surface area (Å²) < 4.78 is 11.6. The summed E-state index contributed by atoms with van der Waals surface area (Å²) in [6.45, 7) is 5.55. The number of primary amides is 1. The third kappa shape index (κ3) is 13.9. The van der Waals surface area contributed by atoms with Crippen molar-refractivity contribution in [3.8, 4) is 5.75 Å². The number of alkyl halides is 1. The summed E-state index contributed by atoms with van der Waals surface area (Å²) in [5.74, 6) is -2.79. The molecular formula is C59H66ClN6O13. The Kier molecular flexibility index (Phi) is 19.1. The van der Waals surface area contributed by atoms with Gasteiger partial charge in [-0.15, -0.1) is 11.6 Å². The molecule has 0 saturated carbocycles. The van der Waals surface area contributed by atoms with E-state index >= 15 is 0 Å². The van der Waals surface area contributed by atoms with Crippen LogP contribution in [0.1, 0.15) is 109 Å². The van der Waals surface area contributed by atoms with Crippen molar-refractivity contribution in [3.05, 3.63) is 126 Å². The molecule has 4 heterocycles. The van der Waals surface area contributed by atoms with E-state index in [1.165, 1.54) is 12.2 Å². The van der Waals surface area contributed by atoms with Gasteiger partial charge < -0.3 is 51.0 Å². The van der Waals surface area contributed by atoms with Gasteiger partial charge in [0.1, 0.15) is 36.4 Å². The molecule has 4 aromatic carbocycles. The van der Waals surface area contributed by atoms with Crippen molar-refractivity contribution >= 4 is 86.0 Å². The number of ketones is 2. The lowest BCUT2D eigenvalue weighted by molar-refractivity contribution is -0.218. The SMILES string of the molecule is CC(C)[C@H](CCCNC(=O)CCCN1C(=O)C=CC1=O)C(=O)N[C@@H](CCCCC(N)=O)C(=O)Cc1ccc(C(=O)Cc2ccc3[nH]c(C(=O)N4C[C@@H](CCl)c5c4cc(OC4O[CH][C@@H](O)[C@H](O)[C@H]4O)c4ccccc54)cc3c2)cc1. The largest absolute Gasteiger partial charge is 0.461 e. The van der Waals surface area contributed by atoms with E-state index in [0.717, 1.165) is 22.5 Å². The molecule has 5 aromatic rings. The summed E-state index contributed by atoms with van der Waals surface area (Å²) in [4.78, 5) is 109. The van der Waals surface area contributed by atoms with E-state index in [0.29, 0.717) is 83.0 Å². The molecule has 417 valence electrons. The molecule has 8 N–H and O–H groups in total. The lowest BCUT2D eigenvalue weighted by atomic mass is 9.89. The van der Waals surface area contributed by atoms with E-state index in [4.69, 9.17) is 26.8 Å². The van der Waals surface area contributed by atoms with E-state index < -0.39 is 54.3 Å². The van der Waals surface area contributed by atoms with Gasteiger partial charge in [0.25, 0.3) is 17.7 Å². The number of carbonyl (C=O) groups is 8. The van der Waals surface area contributed by atoms with Gasteiger partial charge in [0, 0.05) is 103 Å². The Morgan fingerprint density at radius 3 is 2.27 bits per heavy atom. The summed E-state index contributed by atoms with van der Waals surface area (Å²) in [6.07, 6.45) is -0.696. The van der Waals surface area contributed by atoms with Gasteiger partial charge >= 0.3 is 0 Å². The first kappa shape index (κ1) is 57.9. The Morgan fingerprint density at radius 2 is 1.56 bits per heavy atom. The van der Waals surface area contributed by atoms with Crippen molar-refractivity contribution in [2.24, 2.45) is 17.6 Å². The first-order valence-corrected chi connectivity index (χ1v) is 27.2. The molecule has 1 aromatic heterocycles. The van der Waals surface area contributed by atoms with Gasteiger partial charge in [0.05, 0.1) is 11.7 Å². The number of imide groups is 1. The van der Waals surface area contributed by atoms with Crippen LogP contribution in [0.25, 0.3) is 21.7 Å².